The van der Waals surface area contributed by atoms with E-state index in [0.29, 0.717) is 18.4 Å². The van der Waals surface area contributed by atoms with Crippen molar-refractivity contribution in [3.63, 3.8) is 0 Å². The maximum atomic E-state index is 12.2. The molecule has 0 fully saturated rings. The molecule has 1 unspecified atom stereocenters. The largest absolute Gasteiger partial charge is 0.480 e. The second-order valence-electron chi connectivity index (χ2n) is 5.75. The fourth-order valence-corrected chi connectivity index (χ4v) is 2.39. The molecule has 0 saturated carbocycles. The highest BCUT2D eigenvalue weighted by molar-refractivity contribution is 5.99. The van der Waals surface area contributed by atoms with Crippen LogP contribution >= 0.6 is 0 Å². The number of carboxylic acids is 1. The Labute approximate surface area is 150 Å². The van der Waals surface area contributed by atoms with Gasteiger partial charge in [0, 0.05) is 30.4 Å². The number of hydrogen-bond donors (Lipinski definition) is 3. The van der Waals surface area contributed by atoms with Crippen molar-refractivity contribution < 1.29 is 19.5 Å². The summed E-state index contributed by atoms with van der Waals surface area (Å²) in [6, 6.07) is 4.60. The van der Waals surface area contributed by atoms with E-state index in [9.17, 15) is 19.5 Å². The van der Waals surface area contributed by atoms with Crippen LogP contribution in [0.25, 0.3) is 0 Å². The first-order chi connectivity index (χ1) is 12.5. The molecule has 26 heavy (non-hydrogen) atoms. The number of carboxylic acid groups (broad SMARTS) is 1. The van der Waals surface area contributed by atoms with E-state index in [1.807, 2.05) is 0 Å². The standard InChI is InChI=1S/C18H20N4O4/c19-14(16(23)12-4-2-8-20-10-12)6-1-7-15(18(25)26)22-17(24)13-5-3-9-21-11-13/h2-5,8-11,14-15H,1,6-7,19H2,(H,22,24)(H,25,26)/t14?,15-/m0/s1. The Kier molecular flexibility index (Phi) is 6.92. The fraction of sp³-hybridized carbons (Fsp3) is 0.278. The zero-order chi connectivity index (χ0) is 18.9. The van der Waals surface area contributed by atoms with E-state index in [1.165, 1.54) is 18.6 Å². The molecule has 2 atom stereocenters. The van der Waals surface area contributed by atoms with E-state index in [0.717, 1.165) is 0 Å². The second kappa shape index (κ2) is 9.38. The molecule has 0 radical (unpaired) electrons. The third-order valence-electron chi connectivity index (χ3n) is 3.82. The van der Waals surface area contributed by atoms with Crippen molar-refractivity contribution in [2.75, 3.05) is 0 Å². The molecular formula is C18H20N4O4. The molecule has 4 N–H and O–H groups in total. The molecule has 0 aliphatic rings. The third-order valence-corrected chi connectivity index (χ3v) is 3.82. The number of aromatic nitrogens is 2. The van der Waals surface area contributed by atoms with Gasteiger partial charge in [0.2, 0.25) is 0 Å². The number of carbonyl (C=O) groups is 3. The Morgan fingerprint density at radius 3 is 2.19 bits per heavy atom. The van der Waals surface area contributed by atoms with Gasteiger partial charge in [0.05, 0.1) is 11.6 Å². The predicted octanol–water partition coefficient (Wildman–Crippen LogP) is 1.04. The van der Waals surface area contributed by atoms with Crippen molar-refractivity contribution >= 4 is 17.7 Å². The highest BCUT2D eigenvalue weighted by Crippen LogP contribution is 2.09. The number of nitrogens with two attached hydrogens (primary N) is 1. The monoisotopic (exact) mass is 356 g/mol. The summed E-state index contributed by atoms with van der Waals surface area (Å²) in [5.74, 6) is -1.90. The molecule has 0 bridgehead atoms. The molecule has 0 aliphatic heterocycles. The quantitative estimate of drug-likeness (QED) is 0.571. The molecule has 0 aromatic carbocycles. The van der Waals surface area contributed by atoms with Crippen LogP contribution in [0.5, 0.6) is 0 Å². The molecular weight excluding hydrogens is 336 g/mol. The number of nitrogens with one attached hydrogen (secondary N) is 1. The first-order valence-corrected chi connectivity index (χ1v) is 8.12. The molecule has 2 aromatic rings. The average Bonchev–Trinajstić information content (AvgIpc) is 2.67. The van der Waals surface area contributed by atoms with Crippen LogP contribution in [-0.4, -0.2) is 44.8 Å². The van der Waals surface area contributed by atoms with Gasteiger partial charge in [-0.05, 0) is 43.5 Å². The van der Waals surface area contributed by atoms with Crippen LogP contribution in [0, 0.1) is 0 Å². The minimum Gasteiger partial charge on any atom is -0.480 e. The number of nitrogens with zero attached hydrogens (tertiary/aromatic N) is 2. The highest BCUT2D eigenvalue weighted by Gasteiger charge is 2.22. The van der Waals surface area contributed by atoms with E-state index < -0.39 is 24.0 Å². The van der Waals surface area contributed by atoms with Gasteiger partial charge in [-0.1, -0.05) is 0 Å². The Bertz CT molecular complexity index is 752. The summed E-state index contributed by atoms with van der Waals surface area (Å²) < 4.78 is 0. The van der Waals surface area contributed by atoms with Gasteiger partial charge in [-0.3, -0.25) is 19.6 Å². The number of hydrogen-bond acceptors (Lipinski definition) is 6. The Balaban J connectivity index is 1.86. The summed E-state index contributed by atoms with van der Waals surface area (Å²) >= 11 is 0. The fourth-order valence-electron chi connectivity index (χ4n) is 2.39. The van der Waals surface area contributed by atoms with Crippen LogP contribution in [0.1, 0.15) is 40.0 Å². The van der Waals surface area contributed by atoms with Gasteiger partial charge in [0.15, 0.2) is 5.78 Å². The summed E-state index contributed by atoms with van der Waals surface area (Å²) in [7, 11) is 0. The van der Waals surface area contributed by atoms with E-state index in [-0.39, 0.29) is 17.8 Å². The van der Waals surface area contributed by atoms with Gasteiger partial charge in [0.25, 0.3) is 5.91 Å². The Morgan fingerprint density at radius 1 is 1.04 bits per heavy atom. The molecule has 0 aliphatic carbocycles. The lowest BCUT2D eigenvalue weighted by Crippen LogP contribution is -2.41. The van der Waals surface area contributed by atoms with Gasteiger partial charge in [-0.15, -0.1) is 0 Å². The van der Waals surface area contributed by atoms with Gasteiger partial charge in [-0.2, -0.15) is 0 Å². The lowest BCUT2D eigenvalue weighted by molar-refractivity contribution is -0.139. The van der Waals surface area contributed by atoms with E-state index in [4.69, 9.17) is 5.73 Å². The molecule has 8 nitrogen and oxygen atoms in total. The van der Waals surface area contributed by atoms with Crippen molar-refractivity contribution in [3.8, 4) is 0 Å². The number of ketones is 1. The van der Waals surface area contributed by atoms with E-state index >= 15 is 0 Å². The summed E-state index contributed by atoms with van der Waals surface area (Å²) in [5.41, 5.74) is 6.58. The average molecular weight is 356 g/mol. The van der Waals surface area contributed by atoms with Crippen LogP contribution in [0.2, 0.25) is 0 Å². The zero-order valence-electron chi connectivity index (χ0n) is 14.0. The van der Waals surface area contributed by atoms with Crippen molar-refractivity contribution in [1.29, 1.82) is 0 Å². The molecule has 8 heteroatoms. The minimum atomic E-state index is -1.14. The molecule has 2 rings (SSSR count). The Morgan fingerprint density at radius 2 is 1.65 bits per heavy atom. The van der Waals surface area contributed by atoms with E-state index in [2.05, 4.69) is 15.3 Å². The van der Waals surface area contributed by atoms with Crippen LogP contribution in [0.4, 0.5) is 0 Å². The van der Waals surface area contributed by atoms with Gasteiger partial charge < -0.3 is 16.2 Å². The topological polar surface area (TPSA) is 135 Å². The van der Waals surface area contributed by atoms with Gasteiger partial charge in [0.1, 0.15) is 6.04 Å². The smallest absolute Gasteiger partial charge is 0.326 e. The van der Waals surface area contributed by atoms with Crippen LogP contribution in [0.15, 0.2) is 49.1 Å². The van der Waals surface area contributed by atoms with Crippen LogP contribution < -0.4 is 11.1 Å². The van der Waals surface area contributed by atoms with Gasteiger partial charge in [-0.25, -0.2) is 4.79 Å². The Hall–Kier alpha value is -3.13. The van der Waals surface area contributed by atoms with E-state index in [1.54, 1.807) is 30.5 Å². The summed E-state index contributed by atoms with van der Waals surface area (Å²) in [6.07, 6.45) is 6.72. The lowest BCUT2D eigenvalue weighted by Gasteiger charge is -2.16. The number of amides is 1. The van der Waals surface area contributed by atoms with Crippen molar-refractivity contribution in [2.45, 2.75) is 31.3 Å². The zero-order valence-corrected chi connectivity index (χ0v) is 14.0. The third kappa shape index (κ3) is 5.45. The number of rotatable bonds is 9. The minimum absolute atomic E-state index is 0.162. The maximum Gasteiger partial charge on any atom is 0.326 e. The van der Waals surface area contributed by atoms with Gasteiger partial charge >= 0.3 is 5.97 Å². The summed E-state index contributed by atoms with van der Waals surface area (Å²) in [4.78, 5) is 43.3. The summed E-state index contributed by atoms with van der Waals surface area (Å²) in [6.45, 7) is 0. The molecule has 2 heterocycles. The SMILES string of the molecule is NC(CCC[C@H](NC(=O)c1cccnc1)C(=O)O)C(=O)c1cccnc1. The van der Waals surface area contributed by atoms with Crippen LogP contribution in [-0.2, 0) is 4.79 Å². The first kappa shape index (κ1) is 19.2. The number of carbonyl (C=O) groups excluding carboxylic acids is 2. The predicted molar refractivity (Wildman–Crippen MR) is 93.5 cm³/mol. The molecule has 0 saturated heterocycles. The molecule has 136 valence electrons. The lowest BCUT2D eigenvalue weighted by atomic mass is 9.99. The maximum absolute atomic E-state index is 12.2. The second-order valence-corrected chi connectivity index (χ2v) is 5.75. The van der Waals surface area contributed by atoms with Crippen molar-refractivity contribution in [2.24, 2.45) is 5.73 Å². The number of Topliss-reactive ketones (excluding diaryl/α,β-unsaturated/α-hetero) is 1. The first-order valence-electron chi connectivity index (χ1n) is 8.12. The van der Waals surface area contributed by atoms with Crippen molar-refractivity contribution in [3.05, 3.63) is 60.2 Å². The number of aliphatic carboxylic acids is 1. The molecule has 0 spiro atoms. The number of pyridine rings is 2. The molecule has 1 amide bonds. The normalized spacial score (nSPS) is 12.8. The highest BCUT2D eigenvalue weighted by atomic mass is 16.4. The molecule has 2 aromatic heterocycles. The van der Waals surface area contributed by atoms with Crippen LogP contribution in [0.3, 0.4) is 0 Å². The summed E-state index contributed by atoms with van der Waals surface area (Å²) in [5, 5.41) is 11.7. The van der Waals surface area contributed by atoms with Crippen molar-refractivity contribution in [1.82, 2.24) is 15.3 Å².